The average molecular weight is 263 g/mol. The van der Waals surface area contributed by atoms with Crippen LogP contribution in [0.1, 0.15) is 36.5 Å². The van der Waals surface area contributed by atoms with Gasteiger partial charge < -0.3 is 14.8 Å². The van der Waals surface area contributed by atoms with Gasteiger partial charge in [-0.2, -0.15) is 0 Å². The number of Topliss-reactive ketones (excluding diaryl/α,β-unsaturated/α-hetero) is 1. The molecule has 1 aromatic rings. The third-order valence-corrected chi connectivity index (χ3v) is 3.94. The Hall–Kier alpha value is -1.55. The van der Waals surface area contributed by atoms with Gasteiger partial charge in [-0.1, -0.05) is 13.0 Å². The van der Waals surface area contributed by atoms with Gasteiger partial charge >= 0.3 is 0 Å². The first-order chi connectivity index (χ1) is 9.18. The fraction of sp³-hybridized carbons (Fsp3) is 0.533. The molecular weight excluding hydrogens is 242 g/mol. The zero-order valence-electron chi connectivity index (χ0n) is 11.8. The van der Waals surface area contributed by atoms with Crippen LogP contribution in [-0.2, 0) is 0 Å². The van der Waals surface area contributed by atoms with Crippen molar-refractivity contribution >= 4 is 5.78 Å². The van der Waals surface area contributed by atoms with Crippen LogP contribution < -0.4 is 14.8 Å². The fourth-order valence-corrected chi connectivity index (χ4v) is 2.78. The van der Waals surface area contributed by atoms with Crippen LogP contribution in [0.25, 0.3) is 0 Å². The molecule has 2 rings (SSSR count). The number of carbonyl (C=O) groups is 1. The Morgan fingerprint density at radius 1 is 1.32 bits per heavy atom. The Kier molecular flexibility index (Phi) is 4.10. The highest BCUT2D eigenvalue weighted by molar-refractivity contribution is 6.07. The number of hydrogen-bond donors (Lipinski definition) is 1. The van der Waals surface area contributed by atoms with Crippen molar-refractivity contribution in [3.05, 3.63) is 23.8 Å². The Morgan fingerprint density at radius 2 is 1.95 bits per heavy atom. The summed E-state index contributed by atoms with van der Waals surface area (Å²) < 4.78 is 10.7. The monoisotopic (exact) mass is 263 g/mol. The lowest BCUT2D eigenvalue weighted by atomic mass is 9.84. The molecular formula is C15H21NO3. The van der Waals surface area contributed by atoms with Crippen molar-refractivity contribution < 1.29 is 14.3 Å². The molecule has 0 amide bonds. The van der Waals surface area contributed by atoms with Crippen molar-refractivity contribution in [1.82, 2.24) is 5.32 Å². The molecule has 0 aromatic heterocycles. The molecule has 1 aliphatic rings. The number of ketones is 1. The van der Waals surface area contributed by atoms with Gasteiger partial charge in [-0.05, 0) is 37.9 Å². The first kappa shape index (κ1) is 13.9. The van der Waals surface area contributed by atoms with Crippen molar-refractivity contribution in [3.8, 4) is 11.5 Å². The molecule has 1 heterocycles. The number of carbonyl (C=O) groups excluding carboxylic acids is 1. The second-order valence-electron chi connectivity index (χ2n) is 4.83. The zero-order valence-corrected chi connectivity index (χ0v) is 11.8. The minimum atomic E-state index is -0.470. The van der Waals surface area contributed by atoms with E-state index in [1.54, 1.807) is 26.4 Å². The van der Waals surface area contributed by atoms with E-state index in [0.29, 0.717) is 17.1 Å². The molecule has 0 bridgehead atoms. The van der Waals surface area contributed by atoms with Crippen LogP contribution in [0.3, 0.4) is 0 Å². The minimum Gasteiger partial charge on any atom is -0.496 e. The van der Waals surface area contributed by atoms with Crippen LogP contribution in [0.15, 0.2) is 18.2 Å². The van der Waals surface area contributed by atoms with Gasteiger partial charge in [-0.25, -0.2) is 0 Å². The summed E-state index contributed by atoms with van der Waals surface area (Å²) in [6, 6.07) is 5.43. The highest BCUT2D eigenvalue weighted by Crippen LogP contribution is 2.35. The molecule has 1 fully saturated rings. The molecule has 4 heteroatoms. The van der Waals surface area contributed by atoms with E-state index in [9.17, 15) is 4.79 Å². The summed E-state index contributed by atoms with van der Waals surface area (Å²) in [6.07, 6.45) is 2.66. The third-order valence-electron chi connectivity index (χ3n) is 3.94. The Balaban J connectivity index is 2.48. The van der Waals surface area contributed by atoms with Crippen LogP contribution in [0, 0.1) is 0 Å². The van der Waals surface area contributed by atoms with E-state index < -0.39 is 5.54 Å². The van der Waals surface area contributed by atoms with Gasteiger partial charge in [0.2, 0.25) is 0 Å². The van der Waals surface area contributed by atoms with Crippen molar-refractivity contribution in [1.29, 1.82) is 0 Å². The summed E-state index contributed by atoms with van der Waals surface area (Å²) in [5.41, 5.74) is 0.0748. The molecule has 1 N–H and O–H groups in total. The lowest BCUT2D eigenvalue weighted by Crippen LogP contribution is -2.47. The topological polar surface area (TPSA) is 47.6 Å². The fourth-order valence-electron chi connectivity index (χ4n) is 2.78. The van der Waals surface area contributed by atoms with Gasteiger partial charge in [0.25, 0.3) is 0 Å². The number of hydrogen-bond acceptors (Lipinski definition) is 4. The minimum absolute atomic E-state index is 0.0711. The molecule has 0 aliphatic carbocycles. The molecule has 0 spiro atoms. The molecule has 4 nitrogen and oxygen atoms in total. The molecule has 1 unspecified atom stereocenters. The predicted octanol–water partition coefficient (Wildman–Crippen LogP) is 2.42. The first-order valence-corrected chi connectivity index (χ1v) is 6.69. The van der Waals surface area contributed by atoms with E-state index in [-0.39, 0.29) is 5.78 Å². The van der Waals surface area contributed by atoms with E-state index in [2.05, 4.69) is 5.32 Å². The van der Waals surface area contributed by atoms with Crippen LogP contribution in [0.2, 0.25) is 0 Å². The second-order valence-corrected chi connectivity index (χ2v) is 4.83. The summed E-state index contributed by atoms with van der Waals surface area (Å²) >= 11 is 0. The molecule has 0 saturated carbocycles. The van der Waals surface area contributed by atoms with E-state index in [4.69, 9.17) is 9.47 Å². The zero-order chi connectivity index (χ0) is 13.9. The van der Waals surface area contributed by atoms with Crippen LogP contribution in [0.5, 0.6) is 11.5 Å². The number of ether oxygens (including phenoxy) is 2. The van der Waals surface area contributed by atoms with Crippen LogP contribution in [0.4, 0.5) is 0 Å². The van der Waals surface area contributed by atoms with Gasteiger partial charge in [0.15, 0.2) is 5.78 Å². The van der Waals surface area contributed by atoms with E-state index in [0.717, 1.165) is 25.8 Å². The van der Waals surface area contributed by atoms with Crippen molar-refractivity contribution in [3.63, 3.8) is 0 Å². The summed E-state index contributed by atoms with van der Waals surface area (Å²) in [5, 5.41) is 3.36. The van der Waals surface area contributed by atoms with Crippen molar-refractivity contribution in [2.45, 2.75) is 31.7 Å². The number of rotatable bonds is 5. The molecule has 1 saturated heterocycles. The average Bonchev–Trinajstić information content (AvgIpc) is 2.95. The lowest BCUT2D eigenvalue weighted by Gasteiger charge is -2.28. The highest BCUT2D eigenvalue weighted by atomic mass is 16.5. The normalized spacial score (nSPS) is 22.3. The van der Waals surface area contributed by atoms with Crippen molar-refractivity contribution in [2.24, 2.45) is 0 Å². The molecule has 1 atom stereocenters. The summed E-state index contributed by atoms with van der Waals surface area (Å²) in [4.78, 5) is 12.9. The van der Waals surface area contributed by atoms with Gasteiger partial charge in [-0.15, -0.1) is 0 Å². The lowest BCUT2D eigenvalue weighted by molar-refractivity contribution is 0.0857. The molecule has 19 heavy (non-hydrogen) atoms. The second kappa shape index (κ2) is 5.61. The predicted molar refractivity (Wildman–Crippen MR) is 74.1 cm³/mol. The smallest absolute Gasteiger partial charge is 0.190 e. The van der Waals surface area contributed by atoms with Gasteiger partial charge in [0.05, 0.1) is 19.8 Å². The van der Waals surface area contributed by atoms with E-state index in [1.807, 2.05) is 13.0 Å². The molecule has 104 valence electrons. The Bertz CT molecular complexity index is 442. The largest absolute Gasteiger partial charge is 0.496 e. The number of benzene rings is 1. The molecule has 1 aliphatic heterocycles. The summed E-state index contributed by atoms with van der Waals surface area (Å²) in [5.74, 6) is 1.22. The number of nitrogens with one attached hydrogen (secondary N) is 1. The van der Waals surface area contributed by atoms with Gasteiger partial charge in [0, 0.05) is 0 Å². The molecule has 1 aromatic carbocycles. The van der Waals surface area contributed by atoms with Gasteiger partial charge in [0.1, 0.15) is 17.1 Å². The first-order valence-electron chi connectivity index (χ1n) is 6.69. The van der Waals surface area contributed by atoms with E-state index >= 15 is 0 Å². The SMILES string of the molecule is CCC1(C(=O)c2c(OC)cccc2OC)CCCN1. The Morgan fingerprint density at radius 3 is 2.37 bits per heavy atom. The Labute approximate surface area is 114 Å². The summed E-state index contributed by atoms with van der Waals surface area (Å²) in [7, 11) is 3.15. The van der Waals surface area contributed by atoms with Crippen LogP contribution >= 0.6 is 0 Å². The maximum atomic E-state index is 12.9. The van der Waals surface area contributed by atoms with Crippen LogP contribution in [-0.4, -0.2) is 32.1 Å². The highest BCUT2D eigenvalue weighted by Gasteiger charge is 2.41. The standard InChI is InChI=1S/C15H21NO3/c1-4-15(9-6-10-16-15)14(17)13-11(18-2)7-5-8-12(13)19-3/h5,7-8,16H,4,6,9-10H2,1-3H3. The van der Waals surface area contributed by atoms with Crippen molar-refractivity contribution in [2.75, 3.05) is 20.8 Å². The third kappa shape index (κ3) is 2.32. The number of methoxy groups -OCH3 is 2. The maximum absolute atomic E-state index is 12.9. The van der Waals surface area contributed by atoms with E-state index in [1.165, 1.54) is 0 Å². The molecule has 0 radical (unpaired) electrons. The quantitative estimate of drug-likeness (QED) is 0.829. The summed E-state index contributed by atoms with van der Waals surface area (Å²) in [6.45, 7) is 2.93. The maximum Gasteiger partial charge on any atom is 0.190 e. The van der Waals surface area contributed by atoms with Gasteiger partial charge in [-0.3, -0.25) is 4.79 Å².